The largest absolute Gasteiger partial charge is 0.310 e. The fraction of sp³-hybridized carbons (Fsp3) is 0. The van der Waals surface area contributed by atoms with Crippen LogP contribution in [0.4, 0.5) is 17.1 Å². The summed E-state index contributed by atoms with van der Waals surface area (Å²) in [4.78, 5) is 2.39. The Hall–Kier alpha value is -7.88. The van der Waals surface area contributed by atoms with E-state index in [1.54, 1.807) is 0 Å². The lowest BCUT2D eigenvalue weighted by Crippen LogP contribution is -2.10. The van der Waals surface area contributed by atoms with E-state index in [1.165, 1.54) is 71.1 Å². The van der Waals surface area contributed by atoms with E-state index >= 15 is 0 Å². The zero-order valence-corrected chi connectivity index (χ0v) is 32.2. The van der Waals surface area contributed by atoms with Crippen molar-refractivity contribution in [3.63, 3.8) is 0 Å². The average Bonchev–Trinajstić information content (AvgIpc) is 3.83. The van der Waals surface area contributed by atoms with Crippen molar-refractivity contribution in [3.05, 3.63) is 224 Å². The minimum atomic E-state index is 1.09. The van der Waals surface area contributed by atoms with Gasteiger partial charge in [-0.25, -0.2) is 0 Å². The van der Waals surface area contributed by atoms with Crippen molar-refractivity contribution in [3.8, 4) is 33.6 Å². The number of fused-ring (bicyclic) bond motifs is 3. The molecule has 0 unspecified atom stereocenters. The summed E-state index contributed by atoms with van der Waals surface area (Å²) in [6.07, 6.45) is 0. The van der Waals surface area contributed by atoms with Crippen LogP contribution < -0.4 is 4.90 Å². The van der Waals surface area contributed by atoms with Crippen molar-refractivity contribution in [2.24, 2.45) is 0 Å². The second-order valence-corrected chi connectivity index (χ2v) is 15.4. The molecule has 0 saturated carbocycles. The fourth-order valence-electron chi connectivity index (χ4n) is 9.36. The minimum Gasteiger partial charge on any atom is -0.310 e. The summed E-state index contributed by atoms with van der Waals surface area (Å²) >= 11 is 0. The first-order chi connectivity index (χ1) is 29.3. The smallest absolute Gasteiger partial charge is 0.0561 e. The molecule has 59 heavy (non-hydrogen) atoms. The maximum absolute atomic E-state index is 2.45. The molecule has 0 aliphatic rings. The second kappa shape index (κ2) is 13.4. The normalized spacial score (nSPS) is 11.7. The van der Waals surface area contributed by atoms with Crippen molar-refractivity contribution in [1.82, 2.24) is 9.13 Å². The average molecular weight is 752 g/mol. The summed E-state index contributed by atoms with van der Waals surface area (Å²) in [5.74, 6) is 0. The molecule has 12 aromatic rings. The Kier molecular flexibility index (Phi) is 7.54. The first-order valence-electron chi connectivity index (χ1n) is 20.3. The molecular formula is C56H37N3. The highest BCUT2D eigenvalue weighted by Crippen LogP contribution is 2.43. The maximum Gasteiger partial charge on any atom is 0.0561 e. The highest BCUT2D eigenvalue weighted by molar-refractivity contribution is 6.24. The monoisotopic (exact) mass is 751 g/mol. The number of aromatic nitrogens is 2. The summed E-state index contributed by atoms with van der Waals surface area (Å²) in [6.45, 7) is 0. The van der Waals surface area contributed by atoms with Gasteiger partial charge < -0.3 is 14.0 Å². The highest BCUT2D eigenvalue weighted by atomic mass is 15.1. The first-order valence-corrected chi connectivity index (χ1v) is 20.3. The predicted molar refractivity (Wildman–Crippen MR) is 249 cm³/mol. The summed E-state index contributed by atoms with van der Waals surface area (Å²) < 4.78 is 4.89. The van der Waals surface area contributed by atoms with Gasteiger partial charge in [0.2, 0.25) is 0 Å². The lowest BCUT2D eigenvalue weighted by Gasteiger charge is -2.26. The van der Waals surface area contributed by atoms with E-state index in [9.17, 15) is 0 Å². The van der Waals surface area contributed by atoms with Crippen molar-refractivity contribution < 1.29 is 0 Å². The molecule has 0 saturated heterocycles. The SMILES string of the molecule is c1ccc(-c2ccc(N(c3cccc(-c4ccccc4)c3)c3ccc4c5ccc(-n6c7cccc8ccc9cccc6c9c87)cc5n(-c5ccccc5)c4c3)cc2)cc1. The van der Waals surface area contributed by atoms with Gasteiger partial charge in [-0.15, -0.1) is 0 Å². The maximum atomic E-state index is 2.45. The van der Waals surface area contributed by atoms with Crippen LogP contribution in [0.2, 0.25) is 0 Å². The van der Waals surface area contributed by atoms with E-state index in [2.05, 4.69) is 238 Å². The third kappa shape index (κ3) is 5.36. The lowest BCUT2D eigenvalue weighted by atomic mass is 10.0. The van der Waals surface area contributed by atoms with Gasteiger partial charge in [-0.05, 0) is 106 Å². The molecule has 0 bridgehead atoms. The van der Waals surface area contributed by atoms with Crippen LogP contribution in [-0.2, 0) is 0 Å². The van der Waals surface area contributed by atoms with E-state index in [1.807, 2.05) is 0 Å². The number of rotatable bonds is 7. The zero-order chi connectivity index (χ0) is 38.9. The van der Waals surface area contributed by atoms with Gasteiger partial charge >= 0.3 is 0 Å². The molecule has 10 aromatic carbocycles. The van der Waals surface area contributed by atoms with Gasteiger partial charge in [0.25, 0.3) is 0 Å². The van der Waals surface area contributed by atoms with Gasteiger partial charge in [0.1, 0.15) is 0 Å². The lowest BCUT2D eigenvalue weighted by molar-refractivity contribution is 1.15. The molecule has 0 amide bonds. The molecule has 0 N–H and O–H groups in total. The molecule has 0 radical (unpaired) electrons. The summed E-state index contributed by atoms with van der Waals surface area (Å²) in [5.41, 5.74) is 15.1. The van der Waals surface area contributed by atoms with Crippen LogP contribution in [0, 0.1) is 0 Å². The predicted octanol–water partition coefficient (Wildman–Crippen LogP) is 15.3. The van der Waals surface area contributed by atoms with Gasteiger partial charge in [0, 0.05) is 50.0 Å². The molecule has 0 atom stereocenters. The van der Waals surface area contributed by atoms with E-state index in [0.717, 1.165) is 34.0 Å². The molecule has 0 aliphatic carbocycles. The van der Waals surface area contributed by atoms with Gasteiger partial charge in [0.05, 0.1) is 22.1 Å². The Bertz CT molecular complexity index is 3400. The Balaban J connectivity index is 1.08. The van der Waals surface area contributed by atoms with Crippen molar-refractivity contribution in [2.75, 3.05) is 4.90 Å². The number of hydrogen-bond acceptors (Lipinski definition) is 1. The molecule has 3 heteroatoms. The molecule has 3 nitrogen and oxygen atoms in total. The number of para-hydroxylation sites is 1. The molecular weight excluding hydrogens is 715 g/mol. The summed E-state index contributed by atoms with van der Waals surface area (Å²) in [7, 11) is 0. The fourth-order valence-corrected chi connectivity index (χ4v) is 9.36. The van der Waals surface area contributed by atoms with Crippen LogP contribution in [0.1, 0.15) is 0 Å². The second-order valence-electron chi connectivity index (χ2n) is 15.4. The number of nitrogens with zero attached hydrogens (tertiary/aromatic N) is 3. The third-order valence-electron chi connectivity index (χ3n) is 12.0. The zero-order valence-electron chi connectivity index (χ0n) is 32.2. The van der Waals surface area contributed by atoms with Crippen LogP contribution in [0.25, 0.3) is 88.0 Å². The first kappa shape index (κ1) is 33.3. The number of anilines is 3. The van der Waals surface area contributed by atoms with E-state index in [-0.39, 0.29) is 0 Å². The van der Waals surface area contributed by atoms with Crippen LogP contribution in [0.15, 0.2) is 224 Å². The molecule has 0 aliphatic heterocycles. The topological polar surface area (TPSA) is 13.1 Å². The Morgan fingerprint density at radius 2 is 0.763 bits per heavy atom. The Morgan fingerprint density at radius 3 is 1.42 bits per heavy atom. The quantitative estimate of drug-likeness (QED) is 0.148. The Labute approximate surface area is 342 Å². The molecule has 2 aromatic heterocycles. The van der Waals surface area contributed by atoms with E-state index in [0.29, 0.717) is 0 Å². The van der Waals surface area contributed by atoms with Gasteiger partial charge in [0.15, 0.2) is 0 Å². The van der Waals surface area contributed by atoms with Crippen LogP contribution in [0.3, 0.4) is 0 Å². The van der Waals surface area contributed by atoms with Gasteiger partial charge in [-0.2, -0.15) is 0 Å². The number of hydrogen-bond donors (Lipinski definition) is 0. The van der Waals surface area contributed by atoms with Crippen LogP contribution >= 0.6 is 0 Å². The molecule has 0 fully saturated rings. The highest BCUT2D eigenvalue weighted by Gasteiger charge is 2.21. The molecule has 0 spiro atoms. The summed E-state index contributed by atoms with van der Waals surface area (Å²) in [5, 5.41) is 7.61. The summed E-state index contributed by atoms with van der Waals surface area (Å²) in [6, 6.07) is 81.7. The minimum absolute atomic E-state index is 1.09. The van der Waals surface area contributed by atoms with Crippen molar-refractivity contribution in [1.29, 1.82) is 0 Å². The molecule has 2 heterocycles. The Morgan fingerprint density at radius 1 is 0.271 bits per heavy atom. The van der Waals surface area contributed by atoms with Gasteiger partial charge in [-0.3, -0.25) is 0 Å². The van der Waals surface area contributed by atoms with Crippen molar-refractivity contribution in [2.45, 2.75) is 0 Å². The third-order valence-corrected chi connectivity index (χ3v) is 12.0. The molecule has 12 rings (SSSR count). The van der Waals surface area contributed by atoms with Crippen LogP contribution in [0.5, 0.6) is 0 Å². The molecule has 276 valence electrons. The van der Waals surface area contributed by atoms with Crippen molar-refractivity contribution >= 4 is 71.4 Å². The standard InChI is InChI=1S/C56H37N3/c1-4-13-38(14-5-1)40-27-29-45(30-28-40)57(46-22-10-19-43(35-46)39-15-6-2-7-16-39)47-31-33-49-50-34-32-48(37-54(50)58(53(49)36-47)44-20-8-3-9-21-44)59-51-23-11-17-41-25-26-42-18-12-24-52(59)56(42)55(41)51/h1-37H. The van der Waals surface area contributed by atoms with Gasteiger partial charge in [-0.1, -0.05) is 152 Å². The van der Waals surface area contributed by atoms with Crippen LogP contribution in [-0.4, -0.2) is 9.13 Å². The van der Waals surface area contributed by atoms with E-state index in [4.69, 9.17) is 0 Å². The van der Waals surface area contributed by atoms with E-state index < -0.39 is 0 Å². The number of benzene rings is 10.